The third-order valence-corrected chi connectivity index (χ3v) is 2.90. The first kappa shape index (κ1) is 10.7. The van der Waals surface area contributed by atoms with Crippen molar-refractivity contribution in [1.82, 2.24) is 0 Å². The second-order valence-corrected chi connectivity index (χ2v) is 5.12. The fourth-order valence-corrected chi connectivity index (χ4v) is 1.95. The Morgan fingerprint density at radius 2 is 1.70 bits per heavy atom. The van der Waals surface area contributed by atoms with Gasteiger partial charge in [-0.2, -0.15) is 0 Å². The van der Waals surface area contributed by atoms with Crippen molar-refractivity contribution in [3.8, 4) is 0 Å². The Morgan fingerprint density at radius 1 is 1.10 bits per heavy atom. The molecule has 0 nitrogen and oxygen atoms in total. The van der Waals surface area contributed by atoms with Crippen LogP contribution in [0.5, 0.6) is 0 Å². The monoisotopic (exact) mass is 254 g/mol. The highest BCUT2D eigenvalue weighted by molar-refractivity contribution is 14.1. The number of hydrogen-bond donors (Lipinski definition) is 0. The molecule has 1 unspecified atom stereocenters. The molecule has 0 spiro atoms. The van der Waals surface area contributed by atoms with Crippen LogP contribution in [-0.2, 0) is 0 Å². The molecule has 0 aliphatic heterocycles. The first-order chi connectivity index (χ1) is 4.66. The van der Waals surface area contributed by atoms with Crippen molar-refractivity contribution in [2.24, 2.45) is 5.92 Å². The molecule has 1 heteroatoms. The SMILES string of the molecule is CCCC(I)CCC(C)C. The third kappa shape index (κ3) is 6.84. The van der Waals surface area contributed by atoms with Gasteiger partial charge >= 0.3 is 0 Å². The van der Waals surface area contributed by atoms with Crippen LogP contribution >= 0.6 is 22.6 Å². The Hall–Kier alpha value is 0.730. The van der Waals surface area contributed by atoms with Crippen molar-refractivity contribution >= 4 is 22.6 Å². The molecule has 10 heavy (non-hydrogen) atoms. The Bertz CT molecular complexity index is 69.1. The molecule has 0 heterocycles. The van der Waals surface area contributed by atoms with Gasteiger partial charge in [-0.3, -0.25) is 0 Å². The van der Waals surface area contributed by atoms with Gasteiger partial charge in [0.2, 0.25) is 0 Å². The second kappa shape index (κ2) is 6.44. The summed E-state index contributed by atoms with van der Waals surface area (Å²) in [6, 6.07) is 0. The van der Waals surface area contributed by atoms with E-state index in [0.717, 1.165) is 9.84 Å². The molecule has 0 aromatic carbocycles. The van der Waals surface area contributed by atoms with Gasteiger partial charge in [0.25, 0.3) is 0 Å². The highest BCUT2D eigenvalue weighted by Gasteiger charge is 2.02. The van der Waals surface area contributed by atoms with Crippen molar-refractivity contribution in [1.29, 1.82) is 0 Å². The quantitative estimate of drug-likeness (QED) is 0.513. The van der Waals surface area contributed by atoms with Crippen LogP contribution < -0.4 is 0 Å². The average Bonchev–Trinajstić information content (AvgIpc) is 1.85. The minimum atomic E-state index is 0.883. The summed E-state index contributed by atoms with van der Waals surface area (Å²) < 4.78 is 0.921. The molecular weight excluding hydrogens is 235 g/mol. The van der Waals surface area contributed by atoms with Crippen molar-refractivity contribution in [2.75, 3.05) is 0 Å². The molecule has 0 N–H and O–H groups in total. The maximum absolute atomic E-state index is 2.57. The van der Waals surface area contributed by atoms with E-state index in [-0.39, 0.29) is 0 Å². The highest BCUT2D eigenvalue weighted by atomic mass is 127. The van der Waals surface area contributed by atoms with Crippen LogP contribution in [0.1, 0.15) is 46.5 Å². The van der Waals surface area contributed by atoms with E-state index < -0.39 is 0 Å². The van der Waals surface area contributed by atoms with E-state index in [9.17, 15) is 0 Å². The minimum absolute atomic E-state index is 0.883. The zero-order valence-electron chi connectivity index (χ0n) is 7.36. The van der Waals surface area contributed by atoms with E-state index in [2.05, 4.69) is 43.4 Å². The minimum Gasteiger partial charge on any atom is -0.0826 e. The summed E-state index contributed by atoms with van der Waals surface area (Å²) in [7, 11) is 0. The van der Waals surface area contributed by atoms with Crippen molar-refractivity contribution in [2.45, 2.75) is 50.4 Å². The van der Waals surface area contributed by atoms with Crippen LogP contribution in [0.3, 0.4) is 0 Å². The average molecular weight is 254 g/mol. The third-order valence-electron chi connectivity index (χ3n) is 1.66. The maximum atomic E-state index is 2.57. The highest BCUT2D eigenvalue weighted by Crippen LogP contribution is 2.17. The molecule has 0 aliphatic rings. The van der Waals surface area contributed by atoms with Crippen LogP contribution in [0.4, 0.5) is 0 Å². The molecule has 0 bridgehead atoms. The predicted octanol–water partition coefficient (Wildman–Crippen LogP) is 4.03. The number of rotatable bonds is 5. The zero-order valence-corrected chi connectivity index (χ0v) is 9.52. The molecule has 0 aromatic heterocycles. The lowest BCUT2D eigenvalue weighted by molar-refractivity contribution is 0.540. The molecular formula is C9H19I. The summed E-state index contributed by atoms with van der Waals surface area (Å²) in [5.74, 6) is 0.883. The first-order valence-electron chi connectivity index (χ1n) is 4.30. The van der Waals surface area contributed by atoms with E-state index in [1.807, 2.05) is 0 Å². The molecule has 0 aliphatic carbocycles. The lowest BCUT2D eigenvalue weighted by Crippen LogP contribution is -1.99. The van der Waals surface area contributed by atoms with Crippen molar-refractivity contribution in [3.63, 3.8) is 0 Å². The smallest absolute Gasteiger partial charge is 0.0110 e. The molecule has 1 atom stereocenters. The molecule has 0 rings (SSSR count). The summed E-state index contributed by atoms with van der Waals surface area (Å²) in [5, 5.41) is 0. The van der Waals surface area contributed by atoms with Crippen LogP contribution in [0.2, 0.25) is 0 Å². The maximum Gasteiger partial charge on any atom is 0.0110 e. The van der Waals surface area contributed by atoms with Crippen LogP contribution in [0.25, 0.3) is 0 Å². The summed E-state index contributed by atoms with van der Waals surface area (Å²) >= 11 is 2.57. The van der Waals surface area contributed by atoms with Gasteiger partial charge in [-0.15, -0.1) is 0 Å². The fraction of sp³-hybridized carbons (Fsp3) is 1.00. The van der Waals surface area contributed by atoms with E-state index in [4.69, 9.17) is 0 Å². The van der Waals surface area contributed by atoms with Gasteiger partial charge in [-0.25, -0.2) is 0 Å². The van der Waals surface area contributed by atoms with Crippen LogP contribution in [0.15, 0.2) is 0 Å². The van der Waals surface area contributed by atoms with E-state index >= 15 is 0 Å². The van der Waals surface area contributed by atoms with Crippen molar-refractivity contribution < 1.29 is 0 Å². The first-order valence-corrected chi connectivity index (χ1v) is 5.55. The molecule has 0 radical (unpaired) electrons. The van der Waals surface area contributed by atoms with E-state index in [0.29, 0.717) is 0 Å². The molecule has 0 saturated heterocycles. The molecule has 0 aromatic rings. The molecule has 0 fully saturated rings. The van der Waals surface area contributed by atoms with Crippen molar-refractivity contribution in [3.05, 3.63) is 0 Å². The lowest BCUT2D eigenvalue weighted by atomic mass is 10.0. The van der Waals surface area contributed by atoms with Gasteiger partial charge in [-0.05, 0) is 25.2 Å². The summed E-state index contributed by atoms with van der Waals surface area (Å²) in [5.41, 5.74) is 0. The topological polar surface area (TPSA) is 0 Å². The number of hydrogen-bond acceptors (Lipinski definition) is 0. The van der Waals surface area contributed by atoms with Crippen LogP contribution in [-0.4, -0.2) is 3.92 Å². The number of alkyl halides is 1. The Morgan fingerprint density at radius 3 is 2.10 bits per heavy atom. The zero-order chi connectivity index (χ0) is 7.98. The standard InChI is InChI=1S/C9H19I/c1-4-5-9(10)7-6-8(2)3/h8-9H,4-7H2,1-3H3. The van der Waals surface area contributed by atoms with Gasteiger partial charge in [0.15, 0.2) is 0 Å². The van der Waals surface area contributed by atoms with E-state index in [1.54, 1.807) is 0 Å². The van der Waals surface area contributed by atoms with Gasteiger partial charge in [0, 0.05) is 3.92 Å². The van der Waals surface area contributed by atoms with Gasteiger partial charge in [0.05, 0.1) is 0 Å². The Balaban J connectivity index is 3.12. The molecule has 0 amide bonds. The lowest BCUT2D eigenvalue weighted by Gasteiger charge is -2.09. The number of halogens is 1. The summed E-state index contributed by atoms with van der Waals surface area (Å²) in [4.78, 5) is 0. The molecule has 62 valence electrons. The van der Waals surface area contributed by atoms with Gasteiger partial charge in [0.1, 0.15) is 0 Å². The fourth-order valence-electron chi connectivity index (χ4n) is 0.972. The van der Waals surface area contributed by atoms with Gasteiger partial charge < -0.3 is 0 Å². The van der Waals surface area contributed by atoms with E-state index in [1.165, 1.54) is 25.7 Å². The summed E-state index contributed by atoms with van der Waals surface area (Å²) in [6.45, 7) is 6.87. The molecule has 0 saturated carbocycles. The summed E-state index contributed by atoms with van der Waals surface area (Å²) in [6.07, 6.45) is 5.54. The Kier molecular flexibility index (Phi) is 6.91. The normalized spacial score (nSPS) is 14.1. The van der Waals surface area contributed by atoms with Gasteiger partial charge in [-0.1, -0.05) is 49.8 Å². The Labute approximate surface area is 78.9 Å². The predicted molar refractivity (Wildman–Crippen MR) is 56.8 cm³/mol. The second-order valence-electron chi connectivity index (χ2n) is 3.36. The van der Waals surface area contributed by atoms with Crippen LogP contribution in [0, 0.1) is 5.92 Å². The largest absolute Gasteiger partial charge is 0.0826 e.